The summed E-state index contributed by atoms with van der Waals surface area (Å²) in [5, 5.41) is 3.59. The molecule has 4 nitrogen and oxygen atoms in total. The van der Waals surface area contributed by atoms with Crippen molar-refractivity contribution in [2.24, 2.45) is 0 Å². The second-order valence-corrected chi connectivity index (χ2v) is 2.78. The minimum Gasteiger partial charge on any atom is -0.441 e. The Morgan fingerprint density at radius 1 is 1.38 bits per heavy atom. The van der Waals surface area contributed by atoms with E-state index in [-0.39, 0.29) is 0 Å². The smallest absolute Gasteiger partial charge is 0.194 e. The second kappa shape index (κ2) is 3.43. The Balaban J connectivity index is 2.23. The van der Waals surface area contributed by atoms with Crippen molar-refractivity contribution >= 4 is 0 Å². The number of nitrogens with zero attached hydrogens (tertiary/aromatic N) is 2. The molecule has 2 aromatic rings. The van der Waals surface area contributed by atoms with Crippen LogP contribution in [-0.2, 0) is 6.42 Å². The maximum atomic E-state index is 5.46. The third kappa shape index (κ3) is 1.61. The third-order valence-electron chi connectivity index (χ3n) is 1.73. The first-order chi connectivity index (χ1) is 6.40. The van der Waals surface area contributed by atoms with Gasteiger partial charge in [0.2, 0.25) is 0 Å². The topological polar surface area (TPSA) is 52.1 Å². The van der Waals surface area contributed by atoms with Gasteiger partial charge >= 0.3 is 0 Å². The molecule has 0 aliphatic carbocycles. The molecule has 0 amide bonds. The molecule has 0 fully saturated rings. The molecular weight excluding hydrogens is 168 g/mol. The van der Waals surface area contributed by atoms with E-state index in [2.05, 4.69) is 17.1 Å². The predicted molar refractivity (Wildman–Crippen MR) is 46.0 cm³/mol. The first-order valence-electron chi connectivity index (χ1n) is 4.24. The fraction of sp³-hybridized carbons (Fsp3) is 0.333. The Labute approximate surface area is 75.6 Å². The lowest BCUT2D eigenvalue weighted by molar-refractivity contribution is 0.419. The van der Waals surface area contributed by atoms with E-state index < -0.39 is 0 Å². The van der Waals surface area contributed by atoms with E-state index in [9.17, 15) is 0 Å². The highest BCUT2D eigenvalue weighted by Crippen LogP contribution is 2.19. The van der Waals surface area contributed by atoms with Gasteiger partial charge in [-0.25, -0.2) is 4.98 Å². The van der Waals surface area contributed by atoms with Crippen LogP contribution in [0.15, 0.2) is 27.6 Å². The minimum absolute atomic E-state index is 0.713. The van der Waals surface area contributed by atoms with Crippen LogP contribution in [0.5, 0.6) is 0 Å². The van der Waals surface area contributed by atoms with Crippen LogP contribution >= 0.6 is 0 Å². The summed E-state index contributed by atoms with van der Waals surface area (Å²) in [6, 6.07) is 0. The predicted octanol–water partition coefficient (Wildman–Crippen LogP) is 2.28. The van der Waals surface area contributed by atoms with Gasteiger partial charge in [-0.15, -0.1) is 0 Å². The molecular formula is C9H10N2O2. The fourth-order valence-corrected chi connectivity index (χ4v) is 1.10. The van der Waals surface area contributed by atoms with Crippen LogP contribution < -0.4 is 0 Å². The Kier molecular flexibility index (Phi) is 2.12. The Morgan fingerprint density at radius 2 is 2.31 bits per heavy atom. The van der Waals surface area contributed by atoms with Crippen LogP contribution in [0.25, 0.3) is 11.3 Å². The number of rotatable bonds is 3. The van der Waals surface area contributed by atoms with E-state index in [0.717, 1.165) is 24.3 Å². The normalized spacial score (nSPS) is 10.5. The zero-order valence-corrected chi connectivity index (χ0v) is 7.36. The minimum atomic E-state index is 0.713. The van der Waals surface area contributed by atoms with Gasteiger partial charge in [-0.1, -0.05) is 12.1 Å². The molecule has 2 rings (SSSR count). The van der Waals surface area contributed by atoms with Crippen molar-refractivity contribution in [2.45, 2.75) is 19.8 Å². The molecule has 0 unspecified atom stereocenters. The van der Waals surface area contributed by atoms with Crippen LogP contribution in [0.1, 0.15) is 19.2 Å². The van der Waals surface area contributed by atoms with Gasteiger partial charge in [-0.05, 0) is 6.42 Å². The molecule has 0 saturated heterocycles. The van der Waals surface area contributed by atoms with Gasteiger partial charge in [0.1, 0.15) is 6.26 Å². The van der Waals surface area contributed by atoms with Gasteiger partial charge in [-0.3, -0.25) is 0 Å². The Hall–Kier alpha value is -1.58. The number of hydrogen-bond acceptors (Lipinski definition) is 4. The lowest BCUT2D eigenvalue weighted by atomic mass is 10.3. The van der Waals surface area contributed by atoms with Crippen LogP contribution in [0, 0.1) is 0 Å². The van der Waals surface area contributed by atoms with Crippen molar-refractivity contribution in [3.63, 3.8) is 0 Å². The van der Waals surface area contributed by atoms with Crippen molar-refractivity contribution in [1.82, 2.24) is 10.1 Å². The van der Waals surface area contributed by atoms with Crippen LogP contribution in [-0.4, -0.2) is 10.1 Å². The molecule has 0 aromatic carbocycles. The van der Waals surface area contributed by atoms with Gasteiger partial charge in [0.25, 0.3) is 0 Å². The lowest BCUT2D eigenvalue weighted by Crippen LogP contribution is -1.79. The monoisotopic (exact) mass is 178 g/mol. The maximum Gasteiger partial charge on any atom is 0.194 e. The van der Waals surface area contributed by atoms with Crippen molar-refractivity contribution in [2.75, 3.05) is 0 Å². The van der Waals surface area contributed by atoms with E-state index in [1.165, 1.54) is 6.26 Å². The molecule has 13 heavy (non-hydrogen) atoms. The first kappa shape index (κ1) is 8.04. The first-order valence-corrected chi connectivity index (χ1v) is 4.24. The number of oxazole rings is 1. The van der Waals surface area contributed by atoms with Crippen molar-refractivity contribution < 1.29 is 8.94 Å². The molecule has 0 aliphatic heterocycles. The molecule has 0 bridgehead atoms. The molecule has 2 aromatic heterocycles. The molecule has 4 heteroatoms. The fourth-order valence-electron chi connectivity index (χ4n) is 1.10. The quantitative estimate of drug-likeness (QED) is 0.723. The SMILES string of the molecule is CCCc1ncc(-c2cnoc2)o1. The summed E-state index contributed by atoms with van der Waals surface area (Å²) in [5.41, 5.74) is 0.829. The summed E-state index contributed by atoms with van der Waals surface area (Å²) in [6.45, 7) is 2.09. The summed E-state index contributed by atoms with van der Waals surface area (Å²) in [6.07, 6.45) is 6.73. The van der Waals surface area contributed by atoms with Gasteiger partial charge in [0, 0.05) is 6.42 Å². The molecule has 68 valence electrons. The van der Waals surface area contributed by atoms with E-state index in [1.54, 1.807) is 12.4 Å². The second-order valence-electron chi connectivity index (χ2n) is 2.78. The van der Waals surface area contributed by atoms with Crippen molar-refractivity contribution in [3.05, 3.63) is 24.5 Å². The van der Waals surface area contributed by atoms with Gasteiger partial charge in [-0.2, -0.15) is 0 Å². The summed E-state index contributed by atoms with van der Waals surface area (Å²) in [7, 11) is 0. The van der Waals surface area contributed by atoms with Crippen LogP contribution in [0.2, 0.25) is 0 Å². The number of aromatic nitrogens is 2. The average molecular weight is 178 g/mol. The highest BCUT2D eigenvalue weighted by Gasteiger charge is 2.06. The summed E-state index contributed by atoms with van der Waals surface area (Å²) in [5.74, 6) is 1.48. The summed E-state index contributed by atoms with van der Waals surface area (Å²) in [4.78, 5) is 4.13. The average Bonchev–Trinajstić information content (AvgIpc) is 2.70. The molecule has 0 atom stereocenters. The summed E-state index contributed by atoms with van der Waals surface area (Å²) < 4.78 is 10.2. The molecule has 0 spiro atoms. The highest BCUT2D eigenvalue weighted by molar-refractivity contribution is 5.52. The van der Waals surface area contributed by atoms with E-state index in [4.69, 9.17) is 8.94 Å². The molecule has 2 heterocycles. The number of aryl methyl sites for hydroxylation is 1. The van der Waals surface area contributed by atoms with Gasteiger partial charge in [0.15, 0.2) is 11.7 Å². The van der Waals surface area contributed by atoms with Crippen LogP contribution in [0.3, 0.4) is 0 Å². The van der Waals surface area contributed by atoms with Crippen molar-refractivity contribution in [1.29, 1.82) is 0 Å². The van der Waals surface area contributed by atoms with Gasteiger partial charge < -0.3 is 8.94 Å². The highest BCUT2D eigenvalue weighted by atomic mass is 16.5. The molecule has 0 aliphatic rings. The third-order valence-corrected chi connectivity index (χ3v) is 1.73. The Morgan fingerprint density at radius 3 is 3.00 bits per heavy atom. The standard InChI is InChI=1S/C9H10N2O2/c1-2-3-9-10-5-8(13-9)7-4-11-12-6-7/h4-6H,2-3H2,1H3. The zero-order valence-electron chi connectivity index (χ0n) is 7.36. The van der Waals surface area contributed by atoms with E-state index in [0.29, 0.717) is 5.76 Å². The zero-order chi connectivity index (χ0) is 9.10. The van der Waals surface area contributed by atoms with E-state index in [1.807, 2.05) is 0 Å². The molecule has 0 saturated carbocycles. The van der Waals surface area contributed by atoms with Crippen molar-refractivity contribution in [3.8, 4) is 11.3 Å². The largest absolute Gasteiger partial charge is 0.441 e. The van der Waals surface area contributed by atoms with E-state index >= 15 is 0 Å². The number of hydrogen-bond donors (Lipinski definition) is 0. The summed E-state index contributed by atoms with van der Waals surface area (Å²) >= 11 is 0. The Bertz CT molecular complexity index is 365. The van der Waals surface area contributed by atoms with Gasteiger partial charge in [0.05, 0.1) is 18.0 Å². The maximum absolute atomic E-state index is 5.46. The molecule has 0 radical (unpaired) electrons. The lowest BCUT2D eigenvalue weighted by Gasteiger charge is -1.88. The molecule has 0 N–H and O–H groups in total. The van der Waals surface area contributed by atoms with Crippen LogP contribution in [0.4, 0.5) is 0 Å².